The first-order chi connectivity index (χ1) is 13.6. The second-order valence-electron chi connectivity index (χ2n) is 6.70. The molecule has 0 N–H and O–H groups in total. The number of ether oxygens (including phenoxy) is 2. The zero-order chi connectivity index (χ0) is 19.6. The number of amides is 1. The average Bonchev–Trinajstić information content (AvgIpc) is 3.17. The maximum atomic E-state index is 12.8. The average molecular weight is 402 g/mol. The van der Waals surface area contributed by atoms with Crippen LogP contribution in [0, 0.1) is 0 Å². The lowest BCUT2D eigenvalue weighted by Gasteiger charge is -2.26. The number of para-hydroxylation sites is 1. The van der Waals surface area contributed by atoms with Gasteiger partial charge in [-0.3, -0.25) is 4.79 Å². The zero-order valence-electron chi connectivity index (χ0n) is 15.4. The van der Waals surface area contributed by atoms with E-state index in [4.69, 9.17) is 9.47 Å². The Balaban J connectivity index is 1.48. The Hall–Kier alpha value is -2.42. The molecule has 1 saturated heterocycles. The van der Waals surface area contributed by atoms with Crippen LogP contribution in [0.2, 0.25) is 0 Å². The summed E-state index contributed by atoms with van der Waals surface area (Å²) < 4.78 is 37.9. The second-order valence-corrected chi connectivity index (χ2v) is 8.64. The van der Waals surface area contributed by atoms with E-state index in [0.717, 1.165) is 11.3 Å². The van der Waals surface area contributed by atoms with Crippen molar-refractivity contribution in [2.24, 2.45) is 0 Å². The van der Waals surface area contributed by atoms with Crippen molar-refractivity contribution in [2.75, 3.05) is 44.4 Å². The Morgan fingerprint density at radius 3 is 2.54 bits per heavy atom. The van der Waals surface area contributed by atoms with Crippen LogP contribution >= 0.6 is 0 Å². The van der Waals surface area contributed by atoms with Gasteiger partial charge >= 0.3 is 0 Å². The van der Waals surface area contributed by atoms with Gasteiger partial charge in [0.1, 0.15) is 5.75 Å². The maximum Gasteiger partial charge on any atom is 0.264 e. The molecule has 4 rings (SSSR count). The first kappa shape index (κ1) is 18.9. The second kappa shape index (κ2) is 7.90. The fraction of sp³-hybridized carbons (Fsp3) is 0.350. The van der Waals surface area contributed by atoms with Crippen LogP contribution in [0.4, 0.5) is 5.69 Å². The largest absolute Gasteiger partial charge is 0.484 e. The van der Waals surface area contributed by atoms with E-state index in [-0.39, 0.29) is 17.4 Å². The molecule has 2 aliphatic rings. The highest BCUT2D eigenvalue weighted by Crippen LogP contribution is 2.31. The highest BCUT2D eigenvalue weighted by atomic mass is 32.2. The Morgan fingerprint density at radius 1 is 1.04 bits per heavy atom. The minimum atomic E-state index is -3.54. The molecule has 8 heteroatoms. The molecule has 0 aromatic heterocycles. The van der Waals surface area contributed by atoms with Gasteiger partial charge in [-0.25, -0.2) is 8.42 Å². The topological polar surface area (TPSA) is 76.2 Å². The standard InChI is InChI=1S/C20H22N2O5S/c23-20(15-27-17-4-2-1-3-5-17)22-9-8-16-14-18(6-7-19(16)22)28(24,25)21-10-12-26-13-11-21/h1-7,14H,8-13,15H2. The van der Waals surface area contributed by atoms with Crippen molar-refractivity contribution in [2.45, 2.75) is 11.3 Å². The van der Waals surface area contributed by atoms with Gasteiger partial charge in [-0.15, -0.1) is 0 Å². The molecule has 2 aliphatic heterocycles. The molecular formula is C20H22N2O5S. The van der Waals surface area contributed by atoms with E-state index in [1.807, 2.05) is 18.2 Å². The summed E-state index contributed by atoms with van der Waals surface area (Å²) in [5.41, 5.74) is 1.62. The minimum Gasteiger partial charge on any atom is -0.484 e. The highest BCUT2D eigenvalue weighted by Gasteiger charge is 2.30. The summed E-state index contributed by atoms with van der Waals surface area (Å²) in [6.07, 6.45) is 0.624. The van der Waals surface area contributed by atoms with Crippen LogP contribution in [-0.2, 0) is 26.0 Å². The van der Waals surface area contributed by atoms with E-state index in [1.165, 1.54) is 4.31 Å². The third-order valence-corrected chi connectivity index (χ3v) is 6.86. The summed E-state index contributed by atoms with van der Waals surface area (Å²) in [6.45, 7) is 2.01. The number of sulfonamides is 1. The molecule has 0 spiro atoms. The molecule has 0 unspecified atom stereocenters. The first-order valence-electron chi connectivity index (χ1n) is 9.25. The van der Waals surface area contributed by atoms with Gasteiger partial charge in [0.25, 0.3) is 5.91 Å². The van der Waals surface area contributed by atoms with E-state index in [0.29, 0.717) is 45.0 Å². The number of benzene rings is 2. The smallest absolute Gasteiger partial charge is 0.264 e. The van der Waals surface area contributed by atoms with Gasteiger partial charge in [0, 0.05) is 25.3 Å². The van der Waals surface area contributed by atoms with Crippen molar-refractivity contribution in [3.63, 3.8) is 0 Å². The Kier molecular flexibility index (Phi) is 5.34. The summed E-state index contributed by atoms with van der Waals surface area (Å²) in [7, 11) is -3.54. The van der Waals surface area contributed by atoms with Crippen LogP contribution in [0.15, 0.2) is 53.4 Å². The van der Waals surface area contributed by atoms with Crippen molar-refractivity contribution in [1.29, 1.82) is 0 Å². The van der Waals surface area contributed by atoms with Crippen LogP contribution in [0.3, 0.4) is 0 Å². The summed E-state index contributed by atoms with van der Waals surface area (Å²) in [4.78, 5) is 14.5. The minimum absolute atomic E-state index is 0.0583. The summed E-state index contributed by atoms with van der Waals surface area (Å²) >= 11 is 0. The third kappa shape index (κ3) is 3.76. The van der Waals surface area contributed by atoms with Crippen LogP contribution in [0.5, 0.6) is 5.75 Å². The van der Waals surface area contributed by atoms with E-state index in [2.05, 4.69) is 0 Å². The van der Waals surface area contributed by atoms with Crippen molar-refractivity contribution in [3.8, 4) is 5.75 Å². The quantitative estimate of drug-likeness (QED) is 0.761. The number of nitrogens with zero attached hydrogens (tertiary/aromatic N) is 2. The number of anilines is 1. The predicted molar refractivity (Wildman–Crippen MR) is 104 cm³/mol. The van der Waals surface area contributed by atoms with Gasteiger partial charge in [-0.1, -0.05) is 18.2 Å². The fourth-order valence-corrected chi connectivity index (χ4v) is 4.93. The molecule has 0 aliphatic carbocycles. The van der Waals surface area contributed by atoms with Crippen LogP contribution < -0.4 is 9.64 Å². The number of rotatable bonds is 5. The van der Waals surface area contributed by atoms with Gasteiger partial charge < -0.3 is 14.4 Å². The lowest BCUT2D eigenvalue weighted by Crippen LogP contribution is -2.40. The number of fused-ring (bicyclic) bond motifs is 1. The Bertz CT molecular complexity index is 956. The van der Waals surface area contributed by atoms with E-state index in [1.54, 1.807) is 35.2 Å². The fourth-order valence-electron chi connectivity index (χ4n) is 3.47. The lowest BCUT2D eigenvalue weighted by atomic mass is 10.2. The lowest BCUT2D eigenvalue weighted by molar-refractivity contribution is -0.120. The normalized spacial score (nSPS) is 17.4. The van der Waals surface area contributed by atoms with Crippen LogP contribution in [0.25, 0.3) is 0 Å². The summed E-state index contributed by atoms with van der Waals surface area (Å²) in [5, 5.41) is 0. The third-order valence-electron chi connectivity index (χ3n) is 4.96. The summed E-state index contributed by atoms with van der Waals surface area (Å²) in [5.74, 6) is 0.494. The molecule has 2 heterocycles. The maximum absolute atomic E-state index is 12.8. The van der Waals surface area contributed by atoms with E-state index in [9.17, 15) is 13.2 Å². The Labute approximate surface area is 164 Å². The monoisotopic (exact) mass is 402 g/mol. The first-order valence-corrected chi connectivity index (χ1v) is 10.7. The molecule has 2 aromatic carbocycles. The SMILES string of the molecule is O=C(COc1ccccc1)N1CCc2cc(S(=O)(=O)N3CCOCC3)ccc21. The van der Waals surface area contributed by atoms with Gasteiger partial charge in [0.05, 0.1) is 18.1 Å². The highest BCUT2D eigenvalue weighted by molar-refractivity contribution is 7.89. The van der Waals surface area contributed by atoms with Crippen LogP contribution in [0.1, 0.15) is 5.56 Å². The molecule has 1 amide bonds. The van der Waals surface area contributed by atoms with E-state index < -0.39 is 10.0 Å². The molecule has 0 atom stereocenters. The molecule has 7 nitrogen and oxygen atoms in total. The number of hydrogen-bond donors (Lipinski definition) is 0. The predicted octanol–water partition coefficient (Wildman–Crippen LogP) is 1.68. The number of morpholine rings is 1. The number of hydrogen-bond acceptors (Lipinski definition) is 5. The van der Waals surface area contributed by atoms with Crippen molar-refractivity contribution in [1.82, 2.24) is 4.31 Å². The van der Waals surface area contributed by atoms with Crippen molar-refractivity contribution < 1.29 is 22.7 Å². The number of carbonyl (C=O) groups is 1. The van der Waals surface area contributed by atoms with Gasteiger partial charge in [-0.05, 0) is 42.3 Å². The van der Waals surface area contributed by atoms with Gasteiger partial charge in [-0.2, -0.15) is 4.31 Å². The van der Waals surface area contributed by atoms with Crippen molar-refractivity contribution >= 4 is 21.6 Å². The zero-order valence-corrected chi connectivity index (χ0v) is 16.2. The van der Waals surface area contributed by atoms with Gasteiger partial charge in [0.15, 0.2) is 6.61 Å². The molecule has 1 fully saturated rings. The molecule has 0 bridgehead atoms. The Morgan fingerprint density at radius 2 is 1.79 bits per heavy atom. The van der Waals surface area contributed by atoms with E-state index >= 15 is 0 Å². The molecule has 28 heavy (non-hydrogen) atoms. The number of carbonyl (C=O) groups excluding carboxylic acids is 1. The molecule has 0 saturated carbocycles. The van der Waals surface area contributed by atoms with Crippen molar-refractivity contribution in [3.05, 3.63) is 54.1 Å². The van der Waals surface area contributed by atoms with Gasteiger partial charge in [0.2, 0.25) is 10.0 Å². The van der Waals surface area contributed by atoms with Crippen LogP contribution in [-0.4, -0.2) is 58.1 Å². The molecule has 2 aromatic rings. The molecular weight excluding hydrogens is 380 g/mol. The molecule has 0 radical (unpaired) electrons. The summed E-state index contributed by atoms with van der Waals surface area (Å²) in [6, 6.07) is 14.2. The molecule has 148 valence electrons.